The van der Waals surface area contributed by atoms with Crippen molar-refractivity contribution in [1.82, 2.24) is 5.32 Å². The molecule has 0 heterocycles. The monoisotopic (exact) mass is 317 g/mol. The Bertz CT molecular complexity index is 697. The third-order valence-corrected chi connectivity index (χ3v) is 4.43. The maximum Gasteiger partial charge on any atom is 0.230 e. The summed E-state index contributed by atoms with van der Waals surface area (Å²) >= 11 is 6.01. The number of carbonyl (C=O) groups excluding carboxylic acids is 1. The molecular formula is C18H17ClFNO. The zero-order valence-electron chi connectivity index (χ0n) is 12.1. The van der Waals surface area contributed by atoms with Gasteiger partial charge in [-0.3, -0.25) is 4.79 Å². The van der Waals surface area contributed by atoms with Crippen molar-refractivity contribution in [2.45, 2.75) is 24.7 Å². The minimum atomic E-state index is -0.444. The molecule has 3 rings (SSSR count). The van der Waals surface area contributed by atoms with Gasteiger partial charge in [-0.1, -0.05) is 41.9 Å². The molecule has 0 unspecified atom stereocenters. The Morgan fingerprint density at radius 3 is 2.64 bits per heavy atom. The van der Waals surface area contributed by atoms with Gasteiger partial charge in [0, 0.05) is 11.6 Å². The quantitative estimate of drug-likeness (QED) is 0.891. The lowest BCUT2D eigenvalue weighted by atomic mass is 9.95. The Labute approximate surface area is 134 Å². The number of benzene rings is 2. The fourth-order valence-corrected chi connectivity index (χ4v) is 2.93. The summed E-state index contributed by atoms with van der Waals surface area (Å²) in [6.45, 7) is 0.433. The Morgan fingerprint density at radius 1 is 1.18 bits per heavy atom. The summed E-state index contributed by atoms with van der Waals surface area (Å²) in [6.07, 6.45) is 2.15. The minimum Gasteiger partial charge on any atom is -0.355 e. The second-order valence-electron chi connectivity index (χ2n) is 5.69. The van der Waals surface area contributed by atoms with Gasteiger partial charge in [-0.05, 0) is 48.6 Å². The average Bonchev–Trinajstić information content (AvgIpc) is 3.31. The van der Waals surface area contributed by atoms with Crippen LogP contribution >= 0.6 is 11.6 Å². The van der Waals surface area contributed by atoms with Gasteiger partial charge in [-0.2, -0.15) is 0 Å². The first-order chi connectivity index (χ1) is 10.6. The molecule has 0 atom stereocenters. The molecule has 2 nitrogen and oxygen atoms in total. The molecule has 0 aliphatic heterocycles. The molecule has 0 bridgehead atoms. The molecule has 4 heteroatoms. The van der Waals surface area contributed by atoms with E-state index in [2.05, 4.69) is 5.32 Å². The van der Waals surface area contributed by atoms with Crippen LogP contribution in [0.1, 0.15) is 24.0 Å². The van der Waals surface area contributed by atoms with Crippen molar-refractivity contribution in [3.8, 4) is 0 Å². The van der Waals surface area contributed by atoms with Gasteiger partial charge in [0.1, 0.15) is 5.82 Å². The van der Waals surface area contributed by atoms with E-state index in [1.54, 1.807) is 24.3 Å². The molecule has 22 heavy (non-hydrogen) atoms. The van der Waals surface area contributed by atoms with Crippen LogP contribution in [0.3, 0.4) is 0 Å². The van der Waals surface area contributed by atoms with Crippen LogP contribution in [-0.2, 0) is 16.6 Å². The normalized spacial score (nSPS) is 15.4. The van der Waals surface area contributed by atoms with E-state index in [-0.39, 0.29) is 11.7 Å². The molecule has 0 radical (unpaired) electrons. The van der Waals surface area contributed by atoms with E-state index in [4.69, 9.17) is 11.6 Å². The van der Waals surface area contributed by atoms with E-state index < -0.39 is 5.41 Å². The third-order valence-electron chi connectivity index (χ3n) is 4.20. The van der Waals surface area contributed by atoms with Crippen LogP contribution < -0.4 is 5.32 Å². The molecule has 1 fully saturated rings. The summed E-state index contributed by atoms with van der Waals surface area (Å²) < 4.78 is 13.5. The lowest BCUT2D eigenvalue weighted by molar-refractivity contribution is -0.123. The number of rotatable bonds is 5. The van der Waals surface area contributed by atoms with Gasteiger partial charge in [0.05, 0.1) is 5.41 Å². The summed E-state index contributed by atoms with van der Waals surface area (Å²) in [5.41, 5.74) is 1.14. The third kappa shape index (κ3) is 3.00. The van der Waals surface area contributed by atoms with Crippen LogP contribution in [0, 0.1) is 5.82 Å². The lowest BCUT2D eigenvalue weighted by Gasteiger charge is -2.16. The zero-order chi connectivity index (χ0) is 15.6. The highest BCUT2D eigenvalue weighted by Gasteiger charge is 2.51. The summed E-state index contributed by atoms with van der Waals surface area (Å²) in [6, 6.07) is 14.1. The maximum absolute atomic E-state index is 13.5. The first kappa shape index (κ1) is 15.0. The van der Waals surface area contributed by atoms with Gasteiger partial charge in [0.2, 0.25) is 5.91 Å². The molecule has 0 spiro atoms. The number of amides is 1. The van der Waals surface area contributed by atoms with E-state index in [0.717, 1.165) is 18.4 Å². The van der Waals surface area contributed by atoms with Gasteiger partial charge in [0.15, 0.2) is 0 Å². The molecule has 114 valence electrons. The predicted molar refractivity (Wildman–Crippen MR) is 85.5 cm³/mol. The molecule has 2 aromatic rings. The van der Waals surface area contributed by atoms with E-state index in [9.17, 15) is 9.18 Å². The first-order valence-corrected chi connectivity index (χ1v) is 7.77. The smallest absolute Gasteiger partial charge is 0.230 e. The van der Waals surface area contributed by atoms with E-state index in [1.807, 2.05) is 18.2 Å². The van der Waals surface area contributed by atoms with Gasteiger partial charge < -0.3 is 5.32 Å². The number of hydrogen-bond donors (Lipinski definition) is 1. The topological polar surface area (TPSA) is 29.1 Å². The zero-order valence-corrected chi connectivity index (χ0v) is 12.9. The summed E-state index contributed by atoms with van der Waals surface area (Å²) in [5.74, 6) is -0.223. The van der Waals surface area contributed by atoms with Crippen molar-refractivity contribution in [2.75, 3.05) is 6.54 Å². The molecule has 2 aromatic carbocycles. The fraction of sp³-hybridized carbons (Fsp3) is 0.278. The molecule has 1 amide bonds. The summed E-state index contributed by atoms with van der Waals surface area (Å²) in [5, 5.41) is 3.57. The van der Waals surface area contributed by atoms with Crippen molar-refractivity contribution in [1.29, 1.82) is 0 Å². The van der Waals surface area contributed by atoms with Crippen molar-refractivity contribution in [2.24, 2.45) is 0 Å². The molecule has 1 aliphatic carbocycles. The number of carbonyl (C=O) groups is 1. The second kappa shape index (κ2) is 6.09. The standard InChI is InChI=1S/C18H17ClFNO/c19-15-6-3-5-14(12-15)18(9-10-18)17(22)21-11-8-13-4-1-2-7-16(13)20/h1-7,12H,8-11H2,(H,21,22). The van der Waals surface area contributed by atoms with Crippen LogP contribution in [0.4, 0.5) is 4.39 Å². The second-order valence-corrected chi connectivity index (χ2v) is 6.13. The van der Waals surface area contributed by atoms with Gasteiger partial charge in [-0.25, -0.2) is 4.39 Å². The molecule has 1 saturated carbocycles. The van der Waals surface area contributed by atoms with Gasteiger partial charge in [0.25, 0.3) is 0 Å². The Hall–Kier alpha value is -1.87. The van der Waals surface area contributed by atoms with E-state index in [0.29, 0.717) is 23.6 Å². The maximum atomic E-state index is 13.5. The fourth-order valence-electron chi connectivity index (χ4n) is 2.74. The van der Waals surface area contributed by atoms with Crippen LogP contribution in [0.25, 0.3) is 0 Å². The average molecular weight is 318 g/mol. The van der Waals surface area contributed by atoms with Crippen LogP contribution in [0.15, 0.2) is 48.5 Å². The van der Waals surface area contributed by atoms with Crippen molar-refractivity contribution >= 4 is 17.5 Å². The summed E-state index contributed by atoms with van der Waals surface area (Å²) in [4.78, 5) is 12.5. The highest BCUT2D eigenvalue weighted by molar-refractivity contribution is 6.30. The minimum absolute atomic E-state index is 0.00565. The highest BCUT2D eigenvalue weighted by atomic mass is 35.5. The number of nitrogens with one attached hydrogen (secondary N) is 1. The van der Waals surface area contributed by atoms with E-state index >= 15 is 0 Å². The van der Waals surface area contributed by atoms with Gasteiger partial charge >= 0.3 is 0 Å². The molecule has 1 aliphatic rings. The Kier molecular flexibility index (Phi) is 4.16. The molecule has 0 saturated heterocycles. The lowest BCUT2D eigenvalue weighted by Crippen LogP contribution is -2.36. The number of halogens is 2. The van der Waals surface area contributed by atoms with E-state index in [1.165, 1.54) is 6.07 Å². The van der Waals surface area contributed by atoms with Crippen molar-refractivity contribution in [3.63, 3.8) is 0 Å². The van der Waals surface area contributed by atoms with Crippen LogP contribution in [0.5, 0.6) is 0 Å². The largest absolute Gasteiger partial charge is 0.355 e. The SMILES string of the molecule is O=C(NCCc1ccccc1F)C1(c2cccc(Cl)c2)CC1. The van der Waals surface area contributed by atoms with Gasteiger partial charge in [-0.15, -0.1) is 0 Å². The Morgan fingerprint density at radius 2 is 1.95 bits per heavy atom. The first-order valence-electron chi connectivity index (χ1n) is 7.40. The molecular weight excluding hydrogens is 301 g/mol. The van der Waals surface area contributed by atoms with Crippen molar-refractivity contribution in [3.05, 3.63) is 70.5 Å². The number of hydrogen-bond acceptors (Lipinski definition) is 1. The predicted octanol–water partition coefficient (Wildman–Crippen LogP) is 3.87. The van der Waals surface area contributed by atoms with Crippen molar-refractivity contribution < 1.29 is 9.18 Å². The molecule has 0 aromatic heterocycles. The van der Waals surface area contributed by atoms with Crippen LogP contribution in [-0.4, -0.2) is 12.5 Å². The highest BCUT2D eigenvalue weighted by Crippen LogP contribution is 2.48. The van der Waals surface area contributed by atoms with Crippen LogP contribution in [0.2, 0.25) is 5.02 Å². The molecule has 1 N–H and O–H groups in total. The Balaban J connectivity index is 1.62. The summed E-state index contributed by atoms with van der Waals surface area (Å²) in [7, 11) is 0.